The Labute approximate surface area is 138 Å². The molecule has 2 aliphatic heterocycles. The van der Waals surface area contributed by atoms with Gasteiger partial charge in [-0.1, -0.05) is 46.3 Å². The van der Waals surface area contributed by atoms with Gasteiger partial charge in [-0.15, -0.1) is 0 Å². The Hall–Kier alpha value is -0.790. The van der Waals surface area contributed by atoms with Crippen molar-refractivity contribution in [2.45, 2.75) is 43.2 Å². The minimum absolute atomic E-state index is 0.0773. The Morgan fingerprint density at radius 3 is 2.64 bits per heavy atom. The summed E-state index contributed by atoms with van der Waals surface area (Å²) in [4.78, 5) is 18.1. The maximum Gasteiger partial charge on any atom is 0.171 e. The van der Waals surface area contributed by atoms with Gasteiger partial charge >= 0.3 is 0 Å². The Morgan fingerprint density at radius 1 is 1.27 bits per heavy atom. The molecular weight excluding hydrogens is 350 g/mol. The molecule has 3 atom stereocenters. The van der Waals surface area contributed by atoms with Gasteiger partial charge in [0.25, 0.3) is 0 Å². The molecule has 6 heteroatoms. The molecule has 2 aliphatic rings. The van der Waals surface area contributed by atoms with E-state index in [4.69, 9.17) is 14.3 Å². The highest BCUT2D eigenvalue weighted by Gasteiger charge is 2.47. The highest BCUT2D eigenvalue weighted by molar-refractivity contribution is 9.10. The van der Waals surface area contributed by atoms with Crippen LogP contribution in [0.3, 0.4) is 0 Å². The lowest BCUT2D eigenvalue weighted by molar-refractivity contribution is -0.234. The zero-order valence-corrected chi connectivity index (χ0v) is 14.3. The number of Topliss-reactive ketones (excluding diaryl/α,β-unsaturated/α-hetero) is 1. The summed E-state index contributed by atoms with van der Waals surface area (Å²) in [6.07, 6.45) is -0.327. The van der Waals surface area contributed by atoms with Crippen LogP contribution in [0.5, 0.6) is 0 Å². The summed E-state index contributed by atoms with van der Waals surface area (Å²) in [5, 5.41) is 1.73. The van der Waals surface area contributed by atoms with Crippen molar-refractivity contribution >= 4 is 21.7 Å². The Bertz CT molecular complexity index is 536. The molecule has 0 aromatic heterocycles. The van der Waals surface area contributed by atoms with Gasteiger partial charge in [-0.25, -0.2) is 0 Å². The second kappa shape index (κ2) is 6.37. The topological polar surface area (TPSA) is 48.0 Å². The van der Waals surface area contributed by atoms with Crippen LogP contribution in [-0.4, -0.2) is 46.8 Å². The summed E-state index contributed by atoms with van der Waals surface area (Å²) in [6, 6.07) is 9.47. The summed E-state index contributed by atoms with van der Waals surface area (Å²) in [5.41, 5.74) is 1.09. The molecular formula is C16H20BrNO4. The number of ketones is 1. The minimum atomic E-state index is -0.664. The van der Waals surface area contributed by atoms with Crippen molar-refractivity contribution < 1.29 is 19.1 Å². The van der Waals surface area contributed by atoms with Gasteiger partial charge < -0.3 is 9.47 Å². The molecule has 5 nitrogen and oxygen atoms in total. The van der Waals surface area contributed by atoms with E-state index in [9.17, 15) is 4.79 Å². The number of carbonyl (C=O) groups is 1. The van der Waals surface area contributed by atoms with Crippen molar-refractivity contribution in [3.63, 3.8) is 0 Å². The third-order valence-corrected chi connectivity index (χ3v) is 4.58. The average Bonchev–Trinajstić information content (AvgIpc) is 2.84. The number of rotatable bonds is 3. The lowest BCUT2D eigenvalue weighted by Gasteiger charge is -2.38. The second-order valence-corrected chi connectivity index (χ2v) is 7.14. The average molecular weight is 370 g/mol. The minimum Gasteiger partial charge on any atom is -0.348 e. The molecule has 2 fully saturated rings. The Kier molecular flexibility index (Phi) is 4.66. The van der Waals surface area contributed by atoms with Crippen molar-refractivity contribution in [1.29, 1.82) is 0 Å². The number of halogens is 1. The van der Waals surface area contributed by atoms with Crippen LogP contribution in [0.2, 0.25) is 0 Å². The van der Waals surface area contributed by atoms with Crippen molar-refractivity contribution in [3.05, 3.63) is 35.9 Å². The number of ether oxygens (including phenoxy) is 2. The van der Waals surface area contributed by atoms with Gasteiger partial charge in [-0.3, -0.25) is 9.63 Å². The second-order valence-electron chi connectivity index (χ2n) is 6.04. The van der Waals surface area contributed by atoms with E-state index in [0.29, 0.717) is 19.8 Å². The van der Waals surface area contributed by atoms with Crippen molar-refractivity contribution in [2.24, 2.45) is 0 Å². The van der Waals surface area contributed by atoms with Crippen molar-refractivity contribution in [2.75, 3.05) is 13.2 Å². The fraction of sp³-hybridized carbons (Fsp3) is 0.562. The van der Waals surface area contributed by atoms with E-state index < -0.39 is 11.8 Å². The third-order valence-electron chi connectivity index (χ3n) is 3.86. The fourth-order valence-electron chi connectivity index (χ4n) is 2.80. The molecule has 2 heterocycles. The smallest absolute Gasteiger partial charge is 0.171 e. The molecule has 1 aromatic rings. The number of nitrogens with zero attached hydrogens (tertiary/aromatic N) is 1. The predicted molar refractivity (Wildman–Crippen MR) is 84.4 cm³/mol. The summed E-state index contributed by atoms with van der Waals surface area (Å²) in [5.74, 6) is -0.587. The third kappa shape index (κ3) is 3.41. The zero-order valence-electron chi connectivity index (χ0n) is 12.7. The lowest BCUT2D eigenvalue weighted by Crippen LogP contribution is -2.57. The number of benzene rings is 1. The maximum atomic E-state index is 12.6. The number of alkyl halides is 1. The molecule has 2 saturated heterocycles. The Morgan fingerprint density at radius 2 is 2.00 bits per heavy atom. The first-order valence-electron chi connectivity index (χ1n) is 7.39. The molecule has 1 aromatic carbocycles. The summed E-state index contributed by atoms with van der Waals surface area (Å²) in [6.45, 7) is 4.97. The normalized spacial score (nSPS) is 32.3. The van der Waals surface area contributed by atoms with Gasteiger partial charge in [-0.2, -0.15) is 5.06 Å². The van der Waals surface area contributed by atoms with E-state index in [1.165, 1.54) is 0 Å². The monoisotopic (exact) mass is 369 g/mol. The van der Waals surface area contributed by atoms with Crippen LogP contribution in [0.25, 0.3) is 0 Å². The first-order valence-corrected chi connectivity index (χ1v) is 8.31. The quantitative estimate of drug-likeness (QED) is 0.765. The predicted octanol–water partition coefficient (Wildman–Crippen LogP) is 2.29. The van der Waals surface area contributed by atoms with Gasteiger partial charge in [0.1, 0.15) is 17.0 Å². The van der Waals surface area contributed by atoms with E-state index in [1.54, 1.807) is 5.06 Å². The number of hydrogen-bond donors (Lipinski definition) is 0. The molecule has 0 N–H and O–H groups in total. The number of hydrogen-bond acceptors (Lipinski definition) is 5. The van der Waals surface area contributed by atoms with Gasteiger partial charge in [0.2, 0.25) is 0 Å². The fourth-order valence-corrected chi connectivity index (χ4v) is 3.19. The highest BCUT2D eigenvalue weighted by atomic mass is 79.9. The molecule has 0 radical (unpaired) electrons. The van der Waals surface area contributed by atoms with Crippen molar-refractivity contribution in [3.8, 4) is 0 Å². The van der Waals surface area contributed by atoms with E-state index in [-0.39, 0.29) is 16.7 Å². The highest BCUT2D eigenvalue weighted by Crippen LogP contribution is 2.30. The van der Waals surface area contributed by atoms with Crippen LogP contribution >= 0.6 is 15.9 Å². The molecule has 120 valence electrons. The van der Waals surface area contributed by atoms with Crippen LogP contribution in [0.15, 0.2) is 30.3 Å². The standard InChI is InChI=1S/C16H20BrNO4/c1-16(2)20-10-13(22-16)14-15(19)12(17)9-21-18(14)8-11-6-4-3-5-7-11/h3-7,12-14H,8-10H2,1-2H3/t12-,13-,14-/m1/s1. The molecule has 0 aliphatic carbocycles. The molecule has 0 spiro atoms. The molecule has 3 rings (SSSR count). The molecule has 0 bridgehead atoms. The Balaban J connectivity index is 1.79. The van der Waals surface area contributed by atoms with Gasteiger partial charge in [-0.05, 0) is 19.4 Å². The van der Waals surface area contributed by atoms with Crippen LogP contribution in [0.4, 0.5) is 0 Å². The molecule has 22 heavy (non-hydrogen) atoms. The van der Waals surface area contributed by atoms with Crippen LogP contribution in [-0.2, 0) is 25.7 Å². The van der Waals surface area contributed by atoms with Gasteiger partial charge in [0.15, 0.2) is 11.6 Å². The van der Waals surface area contributed by atoms with Crippen LogP contribution in [0, 0.1) is 0 Å². The first kappa shape index (κ1) is 16.1. The molecule has 0 saturated carbocycles. The van der Waals surface area contributed by atoms with E-state index >= 15 is 0 Å². The SMILES string of the molecule is CC1(C)OC[C@H]([C@@H]2C(=O)[C@H](Br)CON2Cc2ccccc2)O1. The molecule has 0 unspecified atom stereocenters. The zero-order chi connectivity index (χ0) is 15.7. The molecule has 0 amide bonds. The van der Waals surface area contributed by atoms with Crippen molar-refractivity contribution in [1.82, 2.24) is 5.06 Å². The summed E-state index contributed by atoms with van der Waals surface area (Å²) >= 11 is 3.39. The van der Waals surface area contributed by atoms with E-state index in [1.807, 2.05) is 44.2 Å². The number of carbonyl (C=O) groups excluding carboxylic acids is 1. The van der Waals surface area contributed by atoms with Crippen LogP contribution < -0.4 is 0 Å². The largest absolute Gasteiger partial charge is 0.348 e. The maximum absolute atomic E-state index is 12.6. The summed E-state index contributed by atoms with van der Waals surface area (Å²) < 4.78 is 11.5. The van der Waals surface area contributed by atoms with Crippen LogP contribution in [0.1, 0.15) is 19.4 Å². The lowest BCUT2D eigenvalue weighted by atomic mass is 10.0. The van der Waals surface area contributed by atoms with Gasteiger partial charge in [0.05, 0.1) is 19.8 Å². The van der Waals surface area contributed by atoms with E-state index in [0.717, 1.165) is 5.56 Å². The van der Waals surface area contributed by atoms with Gasteiger partial charge in [0, 0.05) is 0 Å². The summed E-state index contributed by atoms with van der Waals surface area (Å²) in [7, 11) is 0. The number of hydroxylamine groups is 2. The van der Waals surface area contributed by atoms with E-state index in [2.05, 4.69) is 15.9 Å². The first-order chi connectivity index (χ1) is 10.5.